The highest BCUT2D eigenvalue weighted by atomic mass is 28.4. The number of aromatic nitrogens is 3. The van der Waals surface area contributed by atoms with Crippen LogP contribution < -0.4 is 5.73 Å². The molecule has 0 fully saturated rings. The van der Waals surface area contributed by atoms with Crippen molar-refractivity contribution >= 4 is 25.3 Å². The van der Waals surface area contributed by atoms with Crippen LogP contribution >= 0.6 is 0 Å². The molecule has 3 heterocycles. The summed E-state index contributed by atoms with van der Waals surface area (Å²) >= 11 is 0. The summed E-state index contributed by atoms with van der Waals surface area (Å²) in [7, 11) is -1.98. The number of fused-ring (bicyclic) bond motifs is 1. The van der Waals surface area contributed by atoms with Crippen LogP contribution in [0.4, 0.5) is 4.79 Å². The molecule has 1 aromatic carbocycles. The number of nitrogens with two attached hydrogens (primary N) is 1. The first-order valence-corrected chi connectivity index (χ1v) is 15.5. The van der Waals surface area contributed by atoms with Crippen molar-refractivity contribution in [2.75, 3.05) is 0 Å². The number of pyridine rings is 1. The number of nitrogens with zero attached hydrogens (tertiary/aromatic N) is 3. The fraction of sp³-hybridized carbons (Fsp3) is 0.429. The maximum atomic E-state index is 11.7. The summed E-state index contributed by atoms with van der Waals surface area (Å²) in [5.74, 6) is 0.899. The first-order valence-electron chi connectivity index (χ1n) is 12.6. The topological polar surface area (TPSA) is 127 Å². The normalized spacial score (nSPS) is 13.6. The molecule has 9 nitrogen and oxygen atoms in total. The SMILES string of the molecule is CC(C)(C)[C@H](OC(N)=O)c1nc(-c2nc(CO[Si](C)(C)C(C)(C)C)co2)c(-c2cccc3ncccc23)o1. The Balaban J connectivity index is 1.81. The van der Waals surface area contributed by atoms with E-state index in [2.05, 4.69) is 43.8 Å². The molecular formula is C28H36N4O5Si. The summed E-state index contributed by atoms with van der Waals surface area (Å²) in [5, 5.41) is 0.938. The van der Waals surface area contributed by atoms with Crippen molar-refractivity contribution in [1.82, 2.24) is 15.0 Å². The maximum Gasteiger partial charge on any atom is 0.405 e. The van der Waals surface area contributed by atoms with Crippen LogP contribution in [0.2, 0.25) is 18.1 Å². The summed E-state index contributed by atoms with van der Waals surface area (Å²) < 4.78 is 24.0. The van der Waals surface area contributed by atoms with E-state index in [-0.39, 0.29) is 16.8 Å². The molecule has 202 valence electrons. The van der Waals surface area contributed by atoms with E-state index in [0.717, 1.165) is 16.5 Å². The molecule has 0 unspecified atom stereocenters. The molecule has 0 bridgehead atoms. The average Bonchev–Trinajstić information content (AvgIpc) is 3.46. The Morgan fingerprint density at radius 1 is 1.08 bits per heavy atom. The molecule has 4 rings (SSSR count). The number of carbonyl (C=O) groups excluding carboxylic acids is 1. The standard InChI is InChI=1S/C28H36N4O5Si/c1-27(2,3)23(37-26(29)33)25-32-21(22(36-25)19-11-9-13-20-18(19)12-10-14-30-20)24-31-17(15-34-24)16-35-38(7,8)28(4,5)6/h9-15,23H,16H2,1-8H3,(H2,29,33)/t23-/m1/s1. The third-order valence-corrected chi connectivity index (χ3v) is 11.4. The summed E-state index contributed by atoms with van der Waals surface area (Å²) in [4.78, 5) is 25.6. The highest BCUT2D eigenvalue weighted by Gasteiger charge is 2.38. The Morgan fingerprint density at radius 2 is 1.82 bits per heavy atom. The molecule has 3 aromatic heterocycles. The largest absolute Gasteiger partial charge is 0.443 e. The Kier molecular flexibility index (Phi) is 7.24. The van der Waals surface area contributed by atoms with E-state index in [1.54, 1.807) is 12.5 Å². The molecule has 0 saturated carbocycles. The van der Waals surface area contributed by atoms with Gasteiger partial charge in [0.2, 0.25) is 11.8 Å². The van der Waals surface area contributed by atoms with E-state index in [9.17, 15) is 4.79 Å². The molecule has 0 aliphatic rings. The molecule has 0 radical (unpaired) electrons. The lowest BCUT2D eigenvalue weighted by atomic mass is 9.89. The Hall–Kier alpha value is -3.50. The van der Waals surface area contributed by atoms with E-state index in [1.165, 1.54) is 0 Å². The predicted molar refractivity (Wildman–Crippen MR) is 148 cm³/mol. The van der Waals surface area contributed by atoms with Gasteiger partial charge in [0.25, 0.3) is 0 Å². The first-order chi connectivity index (χ1) is 17.7. The minimum Gasteiger partial charge on any atom is -0.443 e. The van der Waals surface area contributed by atoms with Crippen LogP contribution in [0.5, 0.6) is 0 Å². The molecular weight excluding hydrogens is 500 g/mol. The van der Waals surface area contributed by atoms with Gasteiger partial charge < -0.3 is 23.7 Å². The number of oxazole rings is 2. The monoisotopic (exact) mass is 536 g/mol. The van der Waals surface area contributed by atoms with Crippen molar-refractivity contribution < 1.29 is 22.8 Å². The lowest BCUT2D eigenvalue weighted by Gasteiger charge is -2.35. The number of hydrogen-bond donors (Lipinski definition) is 1. The van der Waals surface area contributed by atoms with Crippen LogP contribution in [0, 0.1) is 5.41 Å². The van der Waals surface area contributed by atoms with Crippen molar-refractivity contribution in [2.45, 2.75) is 72.4 Å². The predicted octanol–water partition coefficient (Wildman–Crippen LogP) is 7.25. The van der Waals surface area contributed by atoms with Gasteiger partial charge in [0.1, 0.15) is 12.0 Å². The minimum absolute atomic E-state index is 0.0680. The molecule has 0 spiro atoms. The number of primary amides is 1. The van der Waals surface area contributed by atoms with Crippen LogP contribution in [0.3, 0.4) is 0 Å². The van der Waals surface area contributed by atoms with Gasteiger partial charge in [-0.3, -0.25) is 4.98 Å². The minimum atomic E-state index is -1.98. The highest BCUT2D eigenvalue weighted by molar-refractivity contribution is 6.74. The van der Waals surface area contributed by atoms with Gasteiger partial charge in [0.05, 0.1) is 12.1 Å². The Labute approximate surface area is 223 Å². The highest BCUT2D eigenvalue weighted by Crippen LogP contribution is 2.42. The van der Waals surface area contributed by atoms with Crippen molar-refractivity contribution in [3.63, 3.8) is 0 Å². The number of hydrogen-bond acceptors (Lipinski definition) is 8. The summed E-state index contributed by atoms with van der Waals surface area (Å²) in [6, 6.07) is 9.55. The van der Waals surface area contributed by atoms with Crippen molar-refractivity contribution in [3.8, 4) is 22.9 Å². The lowest BCUT2D eigenvalue weighted by molar-refractivity contribution is 0.0183. The van der Waals surface area contributed by atoms with E-state index < -0.39 is 25.9 Å². The van der Waals surface area contributed by atoms with Gasteiger partial charge in [-0.2, -0.15) is 0 Å². The zero-order chi connectivity index (χ0) is 27.9. The quantitative estimate of drug-likeness (QED) is 0.245. The van der Waals surface area contributed by atoms with Crippen LogP contribution in [-0.4, -0.2) is 29.4 Å². The molecule has 0 aliphatic carbocycles. The zero-order valence-electron chi connectivity index (χ0n) is 23.3. The fourth-order valence-electron chi connectivity index (χ4n) is 3.74. The van der Waals surface area contributed by atoms with Gasteiger partial charge in [-0.05, 0) is 30.3 Å². The van der Waals surface area contributed by atoms with E-state index in [1.807, 2.05) is 51.1 Å². The summed E-state index contributed by atoms with van der Waals surface area (Å²) in [6.45, 7) is 17.0. The van der Waals surface area contributed by atoms with Crippen LogP contribution in [0.1, 0.15) is 59.2 Å². The number of carbonyl (C=O) groups is 1. The van der Waals surface area contributed by atoms with E-state index in [4.69, 9.17) is 28.7 Å². The number of ether oxygens (including phenoxy) is 1. The van der Waals surface area contributed by atoms with Crippen LogP contribution in [-0.2, 0) is 15.8 Å². The van der Waals surface area contributed by atoms with Crippen molar-refractivity contribution in [1.29, 1.82) is 0 Å². The number of amides is 1. The second-order valence-electron chi connectivity index (χ2n) is 12.0. The van der Waals surface area contributed by atoms with Gasteiger partial charge in [0.15, 0.2) is 25.9 Å². The van der Waals surface area contributed by atoms with Gasteiger partial charge in [-0.1, -0.05) is 59.7 Å². The third-order valence-electron chi connectivity index (χ3n) is 6.92. The van der Waals surface area contributed by atoms with Gasteiger partial charge in [-0.15, -0.1) is 0 Å². The first kappa shape index (κ1) is 27.5. The lowest BCUT2D eigenvalue weighted by Crippen LogP contribution is -2.40. The van der Waals surface area contributed by atoms with Crippen molar-refractivity contribution in [3.05, 3.63) is 54.4 Å². The zero-order valence-corrected chi connectivity index (χ0v) is 24.3. The molecule has 2 N–H and O–H groups in total. The van der Waals surface area contributed by atoms with Crippen LogP contribution in [0.25, 0.3) is 33.8 Å². The third kappa shape index (κ3) is 5.66. The van der Waals surface area contributed by atoms with E-state index >= 15 is 0 Å². The molecule has 1 atom stereocenters. The average molecular weight is 537 g/mol. The second-order valence-corrected chi connectivity index (χ2v) is 16.8. The number of rotatable bonds is 7. The van der Waals surface area contributed by atoms with Gasteiger partial charge >= 0.3 is 6.09 Å². The smallest absolute Gasteiger partial charge is 0.405 e. The molecule has 0 aliphatic heterocycles. The van der Waals surface area contributed by atoms with E-state index in [0.29, 0.717) is 23.8 Å². The maximum absolute atomic E-state index is 11.7. The molecule has 1 amide bonds. The summed E-state index contributed by atoms with van der Waals surface area (Å²) in [6.07, 6.45) is 1.56. The molecule has 10 heteroatoms. The molecule has 4 aromatic rings. The number of benzene rings is 1. The second kappa shape index (κ2) is 9.99. The Bertz CT molecular complexity index is 1440. The fourth-order valence-corrected chi connectivity index (χ4v) is 4.69. The van der Waals surface area contributed by atoms with Gasteiger partial charge in [0, 0.05) is 22.6 Å². The molecule has 0 saturated heterocycles. The summed E-state index contributed by atoms with van der Waals surface area (Å²) in [5.41, 5.74) is 7.44. The van der Waals surface area contributed by atoms with Crippen LogP contribution in [0.15, 0.2) is 51.6 Å². The molecule has 38 heavy (non-hydrogen) atoms. The van der Waals surface area contributed by atoms with Crippen molar-refractivity contribution in [2.24, 2.45) is 11.1 Å². The van der Waals surface area contributed by atoms with Gasteiger partial charge in [-0.25, -0.2) is 14.8 Å². The Morgan fingerprint density at radius 3 is 2.47 bits per heavy atom.